The van der Waals surface area contributed by atoms with E-state index in [0.29, 0.717) is 18.1 Å². The number of ether oxygens (including phenoxy) is 1. The van der Waals surface area contributed by atoms with Crippen LogP contribution in [0.15, 0.2) is 41.7 Å². The van der Waals surface area contributed by atoms with Gasteiger partial charge >= 0.3 is 6.61 Å². The predicted octanol–water partition coefficient (Wildman–Crippen LogP) is 1.98. The minimum atomic E-state index is -2.86. The van der Waals surface area contributed by atoms with Gasteiger partial charge in [0.1, 0.15) is 11.4 Å². The number of hydrogen-bond acceptors (Lipinski definition) is 4. The van der Waals surface area contributed by atoms with Crippen LogP contribution in [0.2, 0.25) is 0 Å². The van der Waals surface area contributed by atoms with Crippen molar-refractivity contribution in [1.82, 2.24) is 20.4 Å². The summed E-state index contributed by atoms with van der Waals surface area (Å²) < 4.78 is 30.7. The summed E-state index contributed by atoms with van der Waals surface area (Å²) in [5.41, 5.74) is 0.282. The molecule has 0 amide bonds. The standard InChI is InChI=1S/C18H25F2N5O2/c1-4-21-17(23-12-18(2,26)14-10-24-25(3)11-14)22-9-13-6-5-7-15(8-13)27-16(19)20/h5-8,10-11,16,26H,4,9,12H2,1-3H3,(H2,21,22,23). The molecule has 148 valence electrons. The fourth-order valence-corrected chi connectivity index (χ4v) is 2.39. The van der Waals surface area contributed by atoms with Gasteiger partial charge in [-0.15, -0.1) is 0 Å². The monoisotopic (exact) mass is 381 g/mol. The third-order valence-electron chi connectivity index (χ3n) is 3.81. The Labute approximate surface area is 157 Å². The summed E-state index contributed by atoms with van der Waals surface area (Å²) in [6.45, 7) is 1.87. The molecule has 0 aliphatic heterocycles. The van der Waals surface area contributed by atoms with E-state index in [2.05, 4.69) is 25.5 Å². The lowest BCUT2D eigenvalue weighted by molar-refractivity contribution is -0.0498. The second-order valence-corrected chi connectivity index (χ2v) is 6.25. The molecule has 1 unspecified atom stereocenters. The lowest BCUT2D eigenvalue weighted by atomic mass is 10.00. The van der Waals surface area contributed by atoms with Gasteiger partial charge in [0, 0.05) is 25.4 Å². The molecule has 0 aliphatic rings. The lowest BCUT2D eigenvalue weighted by Crippen LogP contribution is -2.44. The Morgan fingerprint density at radius 3 is 2.81 bits per heavy atom. The summed E-state index contributed by atoms with van der Waals surface area (Å²) in [7, 11) is 1.78. The van der Waals surface area contributed by atoms with Gasteiger partial charge in [-0.25, -0.2) is 4.99 Å². The molecule has 7 nitrogen and oxygen atoms in total. The van der Waals surface area contributed by atoms with E-state index in [1.807, 2.05) is 6.92 Å². The van der Waals surface area contributed by atoms with Crippen molar-refractivity contribution < 1.29 is 18.6 Å². The van der Waals surface area contributed by atoms with Gasteiger partial charge in [0.25, 0.3) is 0 Å². The first-order chi connectivity index (χ1) is 12.8. The number of rotatable bonds is 8. The number of aliphatic hydroxyl groups is 1. The molecule has 0 bridgehead atoms. The minimum Gasteiger partial charge on any atom is -0.435 e. The zero-order valence-corrected chi connectivity index (χ0v) is 15.6. The molecule has 3 N–H and O–H groups in total. The highest BCUT2D eigenvalue weighted by Crippen LogP contribution is 2.19. The summed E-state index contributed by atoms with van der Waals surface area (Å²) in [6.07, 6.45) is 3.36. The third-order valence-corrected chi connectivity index (χ3v) is 3.81. The normalized spacial score (nSPS) is 14.1. The molecule has 0 radical (unpaired) electrons. The molecule has 0 saturated carbocycles. The highest BCUT2D eigenvalue weighted by molar-refractivity contribution is 5.79. The number of alkyl halides is 2. The predicted molar refractivity (Wildman–Crippen MR) is 98.7 cm³/mol. The Balaban J connectivity index is 2.01. The van der Waals surface area contributed by atoms with E-state index >= 15 is 0 Å². The van der Waals surface area contributed by atoms with Crippen LogP contribution in [0.4, 0.5) is 8.78 Å². The van der Waals surface area contributed by atoms with E-state index in [-0.39, 0.29) is 18.8 Å². The highest BCUT2D eigenvalue weighted by atomic mass is 19.3. The van der Waals surface area contributed by atoms with Crippen molar-refractivity contribution in [3.63, 3.8) is 0 Å². The van der Waals surface area contributed by atoms with E-state index in [9.17, 15) is 13.9 Å². The van der Waals surface area contributed by atoms with Crippen molar-refractivity contribution >= 4 is 5.96 Å². The zero-order chi connectivity index (χ0) is 19.9. The molecule has 0 saturated heterocycles. The van der Waals surface area contributed by atoms with Crippen molar-refractivity contribution in [1.29, 1.82) is 0 Å². The van der Waals surface area contributed by atoms with Crippen molar-refractivity contribution in [3.8, 4) is 5.75 Å². The molecule has 27 heavy (non-hydrogen) atoms. The van der Waals surface area contributed by atoms with Crippen LogP contribution in [0.5, 0.6) is 5.75 Å². The van der Waals surface area contributed by atoms with Crippen LogP contribution in [-0.4, -0.2) is 40.5 Å². The van der Waals surface area contributed by atoms with E-state index < -0.39 is 12.2 Å². The second kappa shape index (κ2) is 9.31. The van der Waals surface area contributed by atoms with Crippen LogP contribution >= 0.6 is 0 Å². The van der Waals surface area contributed by atoms with Gasteiger partial charge in [-0.2, -0.15) is 13.9 Å². The summed E-state index contributed by atoms with van der Waals surface area (Å²) >= 11 is 0. The lowest BCUT2D eigenvalue weighted by Gasteiger charge is -2.23. The summed E-state index contributed by atoms with van der Waals surface area (Å²) in [6, 6.07) is 6.40. The molecule has 1 atom stereocenters. The van der Waals surface area contributed by atoms with Gasteiger partial charge in [0.15, 0.2) is 5.96 Å². The van der Waals surface area contributed by atoms with Gasteiger partial charge in [-0.05, 0) is 31.5 Å². The van der Waals surface area contributed by atoms with Crippen LogP contribution in [0, 0.1) is 0 Å². The number of guanidine groups is 1. The number of nitrogens with one attached hydrogen (secondary N) is 2. The van der Waals surface area contributed by atoms with Gasteiger partial charge in [0.05, 0.1) is 19.3 Å². The number of aryl methyl sites for hydroxylation is 1. The molecule has 1 aromatic heterocycles. The Hall–Kier alpha value is -2.68. The Bertz CT molecular complexity index is 762. The molecule has 9 heteroatoms. The van der Waals surface area contributed by atoms with Gasteiger partial charge in [0.2, 0.25) is 0 Å². The number of nitrogens with zero attached hydrogens (tertiary/aromatic N) is 3. The first-order valence-electron chi connectivity index (χ1n) is 8.57. The Morgan fingerprint density at radius 2 is 2.19 bits per heavy atom. The molecule has 2 aromatic rings. The molecule has 0 fully saturated rings. The average Bonchev–Trinajstić information content (AvgIpc) is 3.04. The summed E-state index contributed by atoms with van der Waals surface area (Å²) in [5.74, 6) is 0.594. The molecule has 1 heterocycles. The van der Waals surface area contributed by atoms with E-state index in [1.54, 1.807) is 43.2 Å². The van der Waals surface area contributed by atoms with E-state index in [4.69, 9.17) is 0 Å². The quantitative estimate of drug-likeness (QED) is 0.481. The fraction of sp³-hybridized carbons (Fsp3) is 0.444. The molecule has 0 spiro atoms. The smallest absolute Gasteiger partial charge is 0.387 e. The summed E-state index contributed by atoms with van der Waals surface area (Å²) in [4.78, 5) is 4.43. The van der Waals surface area contributed by atoms with Crippen molar-refractivity contribution in [2.24, 2.45) is 12.0 Å². The molecule has 2 rings (SSSR count). The first kappa shape index (κ1) is 20.6. The minimum absolute atomic E-state index is 0.0928. The maximum atomic E-state index is 12.3. The molecule has 0 aliphatic carbocycles. The van der Waals surface area contributed by atoms with Gasteiger partial charge in [-0.3, -0.25) is 4.68 Å². The number of halogens is 2. The SMILES string of the molecule is CCNC(=NCc1cccc(OC(F)F)c1)NCC(C)(O)c1cnn(C)c1. The first-order valence-corrected chi connectivity index (χ1v) is 8.57. The number of aromatic nitrogens is 2. The third kappa shape index (κ3) is 6.52. The second-order valence-electron chi connectivity index (χ2n) is 6.25. The van der Waals surface area contributed by atoms with Crippen molar-refractivity contribution in [3.05, 3.63) is 47.8 Å². The number of benzene rings is 1. The maximum Gasteiger partial charge on any atom is 0.387 e. The van der Waals surface area contributed by atoms with Gasteiger partial charge < -0.3 is 20.5 Å². The van der Waals surface area contributed by atoms with Crippen LogP contribution < -0.4 is 15.4 Å². The maximum absolute atomic E-state index is 12.3. The number of hydrogen-bond donors (Lipinski definition) is 3. The van der Waals surface area contributed by atoms with E-state index in [0.717, 1.165) is 5.56 Å². The van der Waals surface area contributed by atoms with Crippen LogP contribution in [0.3, 0.4) is 0 Å². The van der Waals surface area contributed by atoms with E-state index in [1.165, 1.54) is 12.1 Å². The van der Waals surface area contributed by atoms with Gasteiger partial charge in [-0.1, -0.05) is 12.1 Å². The molecule has 1 aromatic carbocycles. The zero-order valence-electron chi connectivity index (χ0n) is 15.6. The van der Waals surface area contributed by atoms with Crippen LogP contribution in [0.1, 0.15) is 25.0 Å². The average molecular weight is 381 g/mol. The Morgan fingerprint density at radius 1 is 1.41 bits per heavy atom. The van der Waals surface area contributed by atoms with Crippen LogP contribution in [-0.2, 0) is 19.2 Å². The van der Waals surface area contributed by atoms with Crippen molar-refractivity contribution in [2.45, 2.75) is 32.6 Å². The highest BCUT2D eigenvalue weighted by Gasteiger charge is 2.24. The number of aliphatic imine (C=N–C) groups is 1. The van der Waals surface area contributed by atoms with Crippen LogP contribution in [0.25, 0.3) is 0 Å². The fourth-order valence-electron chi connectivity index (χ4n) is 2.39. The molecular formula is C18H25F2N5O2. The Kier molecular flexibility index (Phi) is 7.12. The summed E-state index contributed by atoms with van der Waals surface area (Å²) in [5, 5.41) is 20.9. The largest absolute Gasteiger partial charge is 0.435 e. The topological polar surface area (TPSA) is 83.7 Å². The van der Waals surface area contributed by atoms with Crippen molar-refractivity contribution in [2.75, 3.05) is 13.1 Å². The molecular weight excluding hydrogens is 356 g/mol.